The van der Waals surface area contributed by atoms with E-state index in [0.29, 0.717) is 26.7 Å². The number of nitrogens with zero attached hydrogens (tertiary/aromatic N) is 3. The number of rotatable bonds is 1. The van der Waals surface area contributed by atoms with E-state index in [1.165, 1.54) is 28.3 Å². The summed E-state index contributed by atoms with van der Waals surface area (Å²) in [6, 6.07) is 0. The van der Waals surface area contributed by atoms with Crippen LogP contribution in [-0.4, -0.2) is 26.7 Å². The molecule has 80 valence electrons. The van der Waals surface area contributed by atoms with Gasteiger partial charge in [-0.05, 0) is 0 Å². The molecule has 0 unspecified atom stereocenters. The molecular formula is C7H7ClN3S2Se2+. The van der Waals surface area contributed by atoms with Crippen LogP contribution in [0.5, 0.6) is 0 Å². The second-order valence-electron chi connectivity index (χ2n) is 2.91. The van der Waals surface area contributed by atoms with E-state index in [2.05, 4.69) is 20.2 Å². The number of aromatic nitrogens is 3. The van der Waals surface area contributed by atoms with Gasteiger partial charge < -0.3 is 0 Å². The summed E-state index contributed by atoms with van der Waals surface area (Å²) in [5, 5.41) is 0.965. The summed E-state index contributed by atoms with van der Waals surface area (Å²) in [5.74, 6) is 0. The molecule has 0 bridgehead atoms. The van der Waals surface area contributed by atoms with Gasteiger partial charge in [0.25, 0.3) is 0 Å². The molecular weight excluding hydrogens is 384 g/mol. The molecule has 0 N–H and O–H groups in total. The molecule has 0 saturated carbocycles. The van der Waals surface area contributed by atoms with E-state index in [0.717, 1.165) is 22.9 Å². The molecule has 3 aromatic heterocycles. The molecule has 0 radical (unpaired) electrons. The molecule has 0 spiro atoms. The van der Waals surface area contributed by atoms with Crippen LogP contribution in [0.2, 0.25) is 5.02 Å². The van der Waals surface area contributed by atoms with E-state index in [-0.39, 0.29) is 0 Å². The van der Waals surface area contributed by atoms with Gasteiger partial charge in [-0.3, -0.25) is 0 Å². The first-order valence-corrected chi connectivity index (χ1v) is 12.5. The molecule has 0 fully saturated rings. The van der Waals surface area contributed by atoms with Crippen LogP contribution >= 0.6 is 31.4 Å². The molecule has 15 heavy (non-hydrogen) atoms. The van der Waals surface area contributed by atoms with Crippen LogP contribution in [0.25, 0.3) is 19.8 Å². The van der Waals surface area contributed by atoms with Crippen molar-refractivity contribution in [2.45, 2.75) is 13.5 Å². The van der Waals surface area contributed by atoms with Gasteiger partial charge in [0.15, 0.2) is 0 Å². The zero-order valence-electron chi connectivity index (χ0n) is 7.64. The summed E-state index contributed by atoms with van der Waals surface area (Å²) in [5.41, 5.74) is 2.17. The predicted molar refractivity (Wildman–Crippen MR) is 69.0 cm³/mol. The van der Waals surface area contributed by atoms with Crippen LogP contribution in [0.4, 0.5) is 0 Å². The first-order chi connectivity index (χ1) is 7.33. The molecule has 3 rings (SSSR count). The van der Waals surface area contributed by atoms with E-state index >= 15 is 0 Å². The fourth-order valence-corrected chi connectivity index (χ4v) is 10.2. The summed E-state index contributed by atoms with van der Waals surface area (Å²) in [6.45, 7) is 3.08. The molecule has 3 aromatic rings. The Morgan fingerprint density at radius 2 is 1.73 bits per heavy atom. The van der Waals surface area contributed by atoms with Gasteiger partial charge in [0.05, 0.1) is 0 Å². The Morgan fingerprint density at radius 1 is 1.20 bits per heavy atom. The fourth-order valence-electron chi connectivity index (χ4n) is 1.50. The number of hydrogen-bond acceptors (Lipinski definition) is 0. The van der Waals surface area contributed by atoms with E-state index in [9.17, 15) is 0 Å². The van der Waals surface area contributed by atoms with Gasteiger partial charge in [0.1, 0.15) is 0 Å². The SMILES string of the molecule is CC[n+]1c2[n-][sH+][se]c2c(Cl)c2[se][sH+][n-]c21. The zero-order chi connectivity index (χ0) is 10.4. The summed E-state index contributed by atoms with van der Waals surface area (Å²) >= 11 is 7.24. The van der Waals surface area contributed by atoms with E-state index in [4.69, 9.17) is 11.6 Å². The van der Waals surface area contributed by atoms with Crippen molar-refractivity contribution in [1.82, 2.24) is 8.75 Å². The van der Waals surface area contributed by atoms with Crippen LogP contribution in [0.15, 0.2) is 0 Å². The second kappa shape index (κ2) is 4.07. The predicted octanol–water partition coefficient (Wildman–Crippen LogP) is 0.694. The van der Waals surface area contributed by atoms with Gasteiger partial charge in [0.2, 0.25) is 0 Å². The Labute approximate surface area is 109 Å². The molecule has 0 atom stereocenters. The third-order valence-electron chi connectivity index (χ3n) is 2.17. The second-order valence-corrected chi connectivity index (χ2v) is 10.4. The van der Waals surface area contributed by atoms with E-state index < -0.39 is 0 Å². The Hall–Kier alpha value is 0.519. The summed E-state index contributed by atoms with van der Waals surface area (Å²) < 4.78 is 13.9. The third-order valence-corrected chi connectivity index (χ3v) is 10.1. The Morgan fingerprint density at radius 3 is 2.20 bits per heavy atom. The normalized spacial score (nSPS) is 11.6. The molecule has 0 aliphatic carbocycles. The van der Waals surface area contributed by atoms with Crippen molar-refractivity contribution in [2.24, 2.45) is 0 Å². The van der Waals surface area contributed by atoms with Crippen molar-refractivity contribution in [3.05, 3.63) is 5.02 Å². The van der Waals surface area contributed by atoms with E-state index in [1.54, 1.807) is 0 Å². The van der Waals surface area contributed by atoms with E-state index in [1.807, 2.05) is 0 Å². The minimum atomic E-state index is 0.411. The van der Waals surface area contributed by atoms with Crippen molar-refractivity contribution < 1.29 is 4.57 Å². The number of fused-ring (bicyclic) bond motifs is 2. The molecule has 3 nitrogen and oxygen atoms in total. The minimum absolute atomic E-state index is 0.411. The molecule has 0 aliphatic heterocycles. The monoisotopic (exact) mass is 392 g/mol. The maximum absolute atomic E-state index is 6.42. The Balaban J connectivity index is 2.64. The van der Waals surface area contributed by atoms with Crippen molar-refractivity contribution in [2.75, 3.05) is 0 Å². The van der Waals surface area contributed by atoms with Gasteiger partial charge in [-0.1, -0.05) is 0 Å². The van der Waals surface area contributed by atoms with Gasteiger partial charge in [-0.25, -0.2) is 0 Å². The molecule has 0 aliphatic rings. The molecule has 8 heteroatoms. The van der Waals surface area contributed by atoms with Crippen LogP contribution in [0.3, 0.4) is 0 Å². The van der Waals surface area contributed by atoms with Gasteiger partial charge in [-0.2, -0.15) is 0 Å². The summed E-state index contributed by atoms with van der Waals surface area (Å²) in [7, 11) is 2.35. The van der Waals surface area contributed by atoms with Crippen molar-refractivity contribution in [3.8, 4) is 0 Å². The first-order valence-electron chi connectivity index (χ1n) is 4.28. The Bertz CT molecular complexity index is 598. The maximum atomic E-state index is 6.42. The topological polar surface area (TPSA) is 32.1 Å². The molecule has 0 saturated heterocycles. The molecule has 0 aromatic carbocycles. The summed E-state index contributed by atoms with van der Waals surface area (Å²) in [6.07, 6.45) is 0. The van der Waals surface area contributed by atoms with Crippen LogP contribution in [-0.2, 0) is 6.54 Å². The number of halogens is 1. The van der Waals surface area contributed by atoms with Gasteiger partial charge in [-0.15, -0.1) is 0 Å². The Kier molecular flexibility index (Phi) is 2.90. The quantitative estimate of drug-likeness (QED) is 0.348. The van der Waals surface area contributed by atoms with Crippen molar-refractivity contribution >= 4 is 77.9 Å². The average Bonchev–Trinajstić information content (AvgIpc) is 2.85. The summed E-state index contributed by atoms with van der Waals surface area (Å²) in [4.78, 5) is 0. The van der Waals surface area contributed by atoms with Crippen LogP contribution in [0, 0.1) is 0 Å². The first kappa shape index (κ1) is 10.7. The molecule has 3 heterocycles. The third kappa shape index (κ3) is 1.53. The van der Waals surface area contributed by atoms with Crippen molar-refractivity contribution in [1.29, 1.82) is 0 Å². The van der Waals surface area contributed by atoms with Gasteiger partial charge in [0, 0.05) is 0 Å². The van der Waals surface area contributed by atoms with Gasteiger partial charge >= 0.3 is 110 Å². The van der Waals surface area contributed by atoms with Crippen LogP contribution < -0.4 is 13.3 Å². The van der Waals surface area contributed by atoms with Crippen molar-refractivity contribution in [3.63, 3.8) is 0 Å². The average molecular weight is 391 g/mol. The number of pyridine rings is 1. The number of hydrogen-bond donors (Lipinski definition) is 0. The zero-order valence-corrected chi connectivity index (χ0v) is 13.6. The number of aryl methyl sites for hydroxylation is 1. The standard InChI is InChI=1S/C7H7ClN3S2Se2/c1-2-11-6-4(14-12-9-6)3(8)5-7(11)10-13-15-5/h12-13H,2H2,1H3/q+1. The van der Waals surface area contributed by atoms with Crippen LogP contribution in [0.1, 0.15) is 6.92 Å². The fraction of sp³-hybridized carbons (Fsp3) is 0.286. The molecule has 0 amide bonds.